The van der Waals surface area contributed by atoms with Crippen LogP contribution in [0.3, 0.4) is 0 Å². The maximum Gasteiger partial charge on any atom is 0.306 e. The molecule has 0 aromatic heterocycles. The number of nitrogens with two attached hydrogens (primary N) is 1. The summed E-state index contributed by atoms with van der Waals surface area (Å²) in [6.07, 6.45) is 2.29. The Bertz CT molecular complexity index is 418. The average molecular weight is 281 g/mol. The van der Waals surface area contributed by atoms with Gasteiger partial charge in [0.05, 0.1) is 5.92 Å². The predicted octanol–water partition coefficient (Wildman–Crippen LogP) is 1.43. The van der Waals surface area contributed by atoms with Crippen molar-refractivity contribution in [1.29, 1.82) is 0 Å². The standard InChI is InChI=1S/C15H23NO4/c1-8-3-9(2)15(19)11(4-8)12-5-10(6-13(16)17)7-14(18)20-12/h8-12H,3-7H2,1-2H3,(H2,16,17)/t8-,9+,10-,11+,12-/m0/s1. The Labute approximate surface area is 119 Å². The first-order valence-electron chi connectivity index (χ1n) is 7.38. The van der Waals surface area contributed by atoms with Crippen molar-refractivity contribution < 1.29 is 19.1 Å². The minimum Gasteiger partial charge on any atom is -0.462 e. The van der Waals surface area contributed by atoms with Crippen molar-refractivity contribution in [3.05, 3.63) is 0 Å². The number of ketones is 1. The highest BCUT2D eigenvalue weighted by molar-refractivity contribution is 5.85. The summed E-state index contributed by atoms with van der Waals surface area (Å²) in [7, 11) is 0. The quantitative estimate of drug-likeness (QED) is 0.793. The number of carbonyl (C=O) groups excluding carboxylic acids is 3. The number of esters is 1. The van der Waals surface area contributed by atoms with Gasteiger partial charge in [-0.2, -0.15) is 0 Å². The molecule has 20 heavy (non-hydrogen) atoms. The van der Waals surface area contributed by atoms with Gasteiger partial charge in [-0.15, -0.1) is 0 Å². The van der Waals surface area contributed by atoms with Crippen molar-refractivity contribution in [1.82, 2.24) is 0 Å². The number of rotatable bonds is 3. The summed E-state index contributed by atoms with van der Waals surface area (Å²) >= 11 is 0. The molecule has 5 nitrogen and oxygen atoms in total. The third-order valence-corrected chi connectivity index (χ3v) is 4.51. The van der Waals surface area contributed by atoms with E-state index in [1.54, 1.807) is 0 Å². The van der Waals surface area contributed by atoms with Crippen molar-refractivity contribution in [2.45, 2.75) is 52.1 Å². The summed E-state index contributed by atoms with van der Waals surface area (Å²) in [5.41, 5.74) is 5.21. The molecule has 2 fully saturated rings. The van der Waals surface area contributed by atoms with E-state index >= 15 is 0 Å². The van der Waals surface area contributed by atoms with Crippen molar-refractivity contribution in [2.75, 3.05) is 0 Å². The van der Waals surface area contributed by atoms with E-state index in [9.17, 15) is 14.4 Å². The van der Waals surface area contributed by atoms with Crippen LogP contribution in [0, 0.1) is 23.7 Å². The van der Waals surface area contributed by atoms with Crippen LogP contribution in [0.5, 0.6) is 0 Å². The topological polar surface area (TPSA) is 86.5 Å². The molecule has 1 aliphatic heterocycles. The molecule has 2 aliphatic rings. The summed E-state index contributed by atoms with van der Waals surface area (Å²) in [6.45, 7) is 4.07. The number of carbonyl (C=O) groups is 3. The third kappa shape index (κ3) is 3.38. The summed E-state index contributed by atoms with van der Waals surface area (Å²) in [4.78, 5) is 35.0. The molecule has 0 aromatic carbocycles. The molecule has 0 radical (unpaired) electrons. The van der Waals surface area contributed by atoms with E-state index in [0.29, 0.717) is 12.3 Å². The molecule has 1 aliphatic carbocycles. The maximum atomic E-state index is 12.3. The number of Topliss-reactive ketones (excluding diaryl/α,β-unsaturated/α-hetero) is 1. The van der Waals surface area contributed by atoms with E-state index in [1.807, 2.05) is 6.92 Å². The highest BCUT2D eigenvalue weighted by atomic mass is 16.5. The summed E-state index contributed by atoms with van der Waals surface area (Å²) in [5.74, 6) is -0.332. The molecule has 1 amide bonds. The second-order valence-corrected chi connectivity index (χ2v) is 6.49. The van der Waals surface area contributed by atoms with Crippen LogP contribution in [0.25, 0.3) is 0 Å². The SMILES string of the molecule is C[C@H]1C[C@@H](C)C(=O)[C@@H]([C@@H]2C[C@@H](CC(N)=O)CC(=O)O2)C1. The molecule has 1 saturated heterocycles. The Kier molecular flexibility index (Phi) is 4.45. The molecule has 0 spiro atoms. The molecule has 5 heteroatoms. The number of cyclic esters (lactones) is 1. The fraction of sp³-hybridized carbons (Fsp3) is 0.800. The average Bonchev–Trinajstić information content (AvgIpc) is 2.32. The fourth-order valence-corrected chi connectivity index (χ4v) is 3.67. The normalized spacial score (nSPS) is 38.4. The van der Waals surface area contributed by atoms with Crippen molar-refractivity contribution in [3.8, 4) is 0 Å². The molecular weight excluding hydrogens is 258 g/mol. The molecule has 0 bridgehead atoms. The fourth-order valence-electron chi connectivity index (χ4n) is 3.67. The zero-order valence-corrected chi connectivity index (χ0v) is 12.1. The lowest BCUT2D eigenvalue weighted by atomic mass is 9.71. The van der Waals surface area contributed by atoms with E-state index in [-0.39, 0.29) is 48.5 Å². The maximum absolute atomic E-state index is 12.3. The summed E-state index contributed by atoms with van der Waals surface area (Å²) in [5, 5.41) is 0. The lowest BCUT2D eigenvalue weighted by molar-refractivity contribution is -0.164. The monoisotopic (exact) mass is 281 g/mol. The molecule has 5 atom stereocenters. The minimum absolute atomic E-state index is 0.0268. The molecule has 2 rings (SSSR count). The van der Waals surface area contributed by atoms with Gasteiger partial charge in [0.2, 0.25) is 5.91 Å². The smallest absolute Gasteiger partial charge is 0.306 e. The lowest BCUT2D eigenvalue weighted by Crippen LogP contribution is -2.44. The van der Waals surface area contributed by atoms with Crippen LogP contribution in [0.4, 0.5) is 0 Å². The van der Waals surface area contributed by atoms with Crippen LogP contribution in [-0.4, -0.2) is 23.8 Å². The Morgan fingerprint density at radius 3 is 2.60 bits per heavy atom. The summed E-state index contributed by atoms with van der Waals surface area (Å²) < 4.78 is 5.39. The van der Waals surface area contributed by atoms with Crippen molar-refractivity contribution in [2.24, 2.45) is 29.4 Å². The van der Waals surface area contributed by atoms with Gasteiger partial charge in [-0.1, -0.05) is 13.8 Å². The number of ether oxygens (including phenoxy) is 1. The Morgan fingerprint density at radius 1 is 1.25 bits per heavy atom. The Morgan fingerprint density at radius 2 is 1.95 bits per heavy atom. The molecule has 2 N–H and O–H groups in total. The van der Waals surface area contributed by atoms with Gasteiger partial charge in [0, 0.05) is 18.8 Å². The van der Waals surface area contributed by atoms with Crippen LogP contribution in [0.2, 0.25) is 0 Å². The molecule has 1 heterocycles. The number of amides is 1. The van der Waals surface area contributed by atoms with Crippen molar-refractivity contribution in [3.63, 3.8) is 0 Å². The minimum atomic E-state index is -0.403. The van der Waals surface area contributed by atoms with Gasteiger partial charge in [0.1, 0.15) is 11.9 Å². The predicted molar refractivity (Wildman–Crippen MR) is 72.5 cm³/mol. The van der Waals surface area contributed by atoms with Crippen LogP contribution < -0.4 is 5.73 Å². The molecule has 112 valence electrons. The van der Waals surface area contributed by atoms with E-state index < -0.39 is 5.91 Å². The molecule has 0 aromatic rings. The van der Waals surface area contributed by atoms with Gasteiger partial charge in [-0.05, 0) is 31.1 Å². The number of hydrogen-bond donors (Lipinski definition) is 1. The largest absolute Gasteiger partial charge is 0.462 e. The van der Waals surface area contributed by atoms with Gasteiger partial charge in [-0.3, -0.25) is 14.4 Å². The Balaban J connectivity index is 2.08. The first-order chi connectivity index (χ1) is 9.36. The lowest BCUT2D eigenvalue weighted by Gasteiger charge is -2.38. The molecule has 0 unspecified atom stereocenters. The number of hydrogen-bond acceptors (Lipinski definition) is 4. The van der Waals surface area contributed by atoms with Gasteiger partial charge in [-0.25, -0.2) is 0 Å². The van der Waals surface area contributed by atoms with E-state index in [0.717, 1.165) is 12.8 Å². The van der Waals surface area contributed by atoms with E-state index in [1.165, 1.54) is 0 Å². The van der Waals surface area contributed by atoms with Gasteiger partial charge in [0.25, 0.3) is 0 Å². The van der Waals surface area contributed by atoms with Crippen LogP contribution >= 0.6 is 0 Å². The van der Waals surface area contributed by atoms with Gasteiger partial charge < -0.3 is 10.5 Å². The molecule has 1 saturated carbocycles. The van der Waals surface area contributed by atoms with Gasteiger partial charge in [0.15, 0.2) is 0 Å². The first kappa shape index (κ1) is 15.0. The van der Waals surface area contributed by atoms with E-state index in [4.69, 9.17) is 10.5 Å². The molecular formula is C15H23NO4. The first-order valence-corrected chi connectivity index (χ1v) is 7.38. The van der Waals surface area contributed by atoms with Crippen LogP contribution in [0.1, 0.15) is 46.0 Å². The van der Waals surface area contributed by atoms with Gasteiger partial charge >= 0.3 is 5.97 Å². The van der Waals surface area contributed by atoms with E-state index in [2.05, 4.69) is 6.92 Å². The third-order valence-electron chi connectivity index (χ3n) is 4.51. The van der Waals surface area contributed by atoms with Crippen molar-refractivity contribution >= 4 is 17.7 Å². The number of primary amides is 1. The highest BCUT2D eigenvalue weighted by Crippen LogP contribution is 2.37. The second kappa shape index (κ2) is 5.94. The zero-order chi connectivity index (χ0) is 14.9. The summed E-state index contributed by atoms with van der Waals surface area (Å²) in [6, 6.07) is 0. The van der Waals surface area contributed by atoms with Crippen LogP contribution in [-0.2, 0) is 19.1 Å². The zero-order valence-electron chi connectivity index (χ0n) is 12.1. The second-order valence-electron chi connectivity index (χ2n) is 6.49. The Hall–Kier alpha value is -1.39. The van der Waals surface area contributed by atoms with Crippen LogP contribution in [0.15, 0.2) is 0 Å². The highest BCUT2D eigenvalue weighted by Gasteiger charge is 2.42.